The predicted molar refractivity (Wildman–Crippen MR) is 42.1 cm³/mol. The number of aliphatic hydroxyl groups excluding tert-OH is 6. The van der Waals surface area contributed by atoms with Crippen molar-refractivity contribution in [3.63, 3.8) is 0 Å². The molecule has 5 atom stereocenters. The molecular weight excluding hydrogens is 212 g/mol. The number of hydrogen-bond donors (Lipinski definition) is 6. The lowest BCUT2D eigenvalue weighted by molar-refractivity contribution is -0.320. The van der Waals surface area contributed by atoms with E-state index in [-0.39, 0.29) is 0 Å². The largest absolute Gasteiger partial charge is 0.547 e. The van der Waals surface area contributed by atoms with Crippen LogP contribution in [0.4, 0.5) is 0 Å². The van der Waals surface area contributed by atoms with Gasteiger partial charge in [-0.1, -0.05) is 0 Å². The van der Waals surface area contributed by atoms with Crippen LogP contribution in [0.2, 0.25) is 0 Å². The molecule has 15 heavy (non-hydrogen) atoms. The van der Waals surface area contributed by atoms with Gasteiger partial charge < -0.3 is 40.5 Å². The number of aliphatic hydroxyl groups is 6. The quantitative estimate of drug-likeness (QED) is 0.261. The minimum Gasteiger partial charge on any atom is -0.547 e. The first-order valence-corrected chi connectivity index (χ1v) is 4.05. The van der Waals surface area contributed by atoms with Crippen LogP contribution in [0.25, 0.3) is 0 Å². The Labute approximate surface area is 84.7 Å². The van der Waals surface area contributed by atoms with Gasteiger partial charge in [0.05, 0.1) is 12.6 Å². The Morgan fingerprint density at radius 1 is 1.00 bits per heavy atom. The van der Waals surface area contributed by atoms with Crippen LogP contribution in [0.3, 0.4) is 0 Å². The first kappa shape index (κ1) is 14.2. The van der Waals surface area contributed by atoms with Crippen LogP contribution < -0.4 is 5.11 Å². The molecule has 6 N–H and O–H groups in total. The third kappa shape index (κ3) is 3.70. The van der Waals surface area contributed by atoms with Gasteiger partial charge in [-0.25, -0.2) is 0 Å². The van der Waals surface area contributed by atoms with Crippen LogP contribution in [0.1, 0.15) is 0 Å². The third-order valence-corrected chi connectivity index (χ3v) is 1.85. The van der Waals surface area contributed by atoms with Crippen LogP contribution >= 0.6 is 0 Å². The molecule has 0 heterocycles. The molecule has 8 heteroatoms. The van der Waals surface area contributed by atoms with E-state index in [1.807, 2.05) is 0 Å². The molecule has 8 nitrogen and oxygen atoms in total. The molecule has 0 radical (unpaired) electrons. The Morgan fingerprint density at radius 2 is 1.47 bits per heavy atom. The molecule has 0 bridgehead atoms. The van der Waals surface area contributed by atoms with E-state index in [2.05, 4.69) is 0 Å². The first-order chi connectivity index (χ1) is 6.82. The number of carbonyl (C=O) groups excluding carboxylic acids is 1. The molecular formula is C7H13O8-. The van der Waals surface area contributed by atoms with Crippen molar-refractivity contribution in [2.75, 3.05) is 6.61 Å². The van der Waals surface area contributed by atoms with Crippen molar-refractivity contribution in [1.82, 2.24) is 0 Å². The highest BCUT2D eigenvalue weighted by Gasteiger charge is 2.34. The summed E-state index contributed by atoms with van der Waals surface area (Å²) >= 11 is 0. The van der Waals surface area contributed by atoms with Crippen molar-refractivity contribution in [1.29, 1.82) is 0 Å². The molecule has 0 saturated carbocycles. The second-order valence-corrected chi connectivity index (χ2v) is 2.99. The maximum absolute atomic E-state index is 10.1. The number of carboxylic acid groups (broad SMARTS) is 1. The van der Waals surface area contributed by atoms with Crippen LogP contribution in [0.15, 0.2) is 0 Å². The van der Waals surface area contributed by atoms with Gasteiger partial charge in [0.1, 0.15) is 30.5 Å². The SMILES string of the molecule is O=C([O-])C(O)C(O)C(O)C(O)C(O)CO. The van der Waals surface area contributed by atoms with Crippen molar-refractivity contribution in [3.05, 3.63) is 0 Å². The fraction of sp³-hybridized carbons (Fsp3) is 0.857. The smallest absolute Gasteiger partial charge is 0.122 e. The Hall–Kier alpha value is -0.770. The minimum absolute atomic E-state index is 0.896. The highest BCUT2D eigenvalue weighted by Crippen LogP contribution is 2.08. The summed E-state index contributed by atoms with van der Waals surface area (Å²) in [5.74, 6) is -2.03. The summed E-state index contributed by atoms with van der Waals surface area (Å²) in [7, 11) is 0. The van der Waals surface area contributed by atoms with Gasteiger partial charge >= 0.3 is 0 Å². The van der Waals surface area contributed by atoms with Crippen molar-refractivity contribution in [2.24, 2.45) is 0 Å². The van der Waals surface area contributed by atoms with Gasteiger partial charge in [-0.3, -0.25) is 0 Å². The Morgan fingerprint density at radius 3 is 1.80 bits per heavy atom. The molecule has 0 aliphatic rings. The first-order valence-electron chi connectivity index (χ1n) is 4.05. The Kier molecular flexibility index (Phi) is 5.65. The van der Waals surface area contributed by atoms with E-state index in [0.29, 0.717) is 0 Å². The van der Waals surface area contributed by atoms with Gasteiger partial charge in [-0.15, -0.1) is 0 Å². The lowest BCUT2D eigenvalue weighted by Gasteiger charge is -2.28. The van der Waals surface area contributed by atoms with E-state index in [1.54, 1.807) is 0 Å². The second-order valence-electron chi connectivity index (χ2n) is 2.99. The maximum Gasteiger partial charge on any atom is 0.122 e. The lowest BCUT2D eigenvalue weighted by atomic mass is 9.99. The molecule has 0 aromatic carbocycles. The molecule has 0 aromatic rings. The highest BCUT2D eigenvalue weighted by molar-refractivity contribution is 5.70. The van der Waals surface area contributed by atoms with Crippen LogP contribution in [-0.4, -0.2) is 73.7 Å². The van der Waals surface area contributed by atoms with E-state index < -0.39 is 43.1 Å². The zero-order valence-electron chi connectivity index (χ0n) is 7.59. The van der Waals surface area contributed by atoms with E-state index in [9.17, 15) is 9.90 Å². The molecule has 0 rings (SSSR count). The molecule has 0 spiro atoms. The fourth-order valence-electron chi connectivity index (χ4n) is 0.864. The minimum atomic E-state index is -2.40. The molecule has 0 aliphatic heterocycles. The molecule has 0 fully saturated rings. The summed E-state index contributed by atoms with van der Waals surface area (Å²) in [6.45, 7) is -0.896. The third-order valence-electron chi connectivity index (χ3n) is 1.85. The van der Waals surface area contributed by atoms with Gasteiger partial charge in [-0.2, -0.15) is 0 Å². The van der Waals surface area contributed by atoms with Gasteiger partial charge in [-0.05, 0) is 0 Å². The summed E-state index contributed by atoms with van der Waals surface area (Å²) in [5.41, 5.74) is 0. The summed E-state index contributed by atoms with van der Waals surface area (Å²) in [4.78, 5) is 10.1. The van der Waals surface area contributed by atoms with E-state index in [0.717, 1.165) is 0 Å². The maximum atomic E-state index is 10.1. The van der Waals surface area contributed by atoms with E-state index in [1.165, 1.54) is 0 Å². The van der Waals surface area contributed by atoms with Crippen molar-refractivity contribution in [3.8, 4) is 0 Å². The van der Waals surface area contributed by atoms with Gasteiger partial charge in [0.25, 0.3) is 0 Å². The molecule has 0 amide bonds. The van der Waals surface area contributed by atoms with Gasteiger partial charge in [0.15, 0.2) is 0 Å². The fourth-order valence-corrected chi connectivity index (χ4v) is 0.864. The Balaban J connectivity index is 4.42. The van der Waals surface area contributed by atoms with E-state index >= 15 is 0 Å². The summed E-state index contributed by atoms with van der Waals surface area (Å²) < 4.78 is 0. The van der Waals surface area contributed by atoms with Crippen LogP contribution in [-0.2, 0) is 4.79 Å². The number of carbonyl (C=O) groups is 1. The molecule has 0 saturated heterocycles. The van der Waals surface area contributed by atoms with Crippen molar-refractivity contribution in [2.45, 2.75) is 30.5 Å². The second kappa shape index (κ2) is 5.95. The monoisotopic (exact) mass is 225 g/mol. The number of rotatable bonds is 6. The van der Waals surface area contributed by atoms with Crippen LogP contribution in [0.5, 0.6) is 0 Å². The average molecular weight is 225 g/mol. The van der Waals surface area contributed by atoms with E-state index in [4.69, 9.17) is 30.6 Å². The molecule has 90 valence electrons. The molecule has 5 unspecified atom stereocenters. The molecule has 0 aliphatic carbocycles. The number of aliphatic carboxylic acids is 1. The highest BCUT2D eigenvalue weighted by atomic mass is 16.4. The lowest BCUT2D eigenvalue weighted by Crippen LogP contribution is -2.54. The average Bonchev–Trinajstić information content (AvgIpc) is 2.23. The summed E-state index contributed by atoms with van der Waals surface area (Å²) in [6, 6.07) is 0. The van der Waals surface area contributed by atoms with Crippen molar-refractivity contribution < 1.29 is 40.5 Å². The van der Waals surface area contributed by atoms with Gasteiger partial charge in [0, 0.05) is 0 Å². The standard InChI is InChI=1S/C7H14O8/c8-1-2(9)3(10)4(11)5(12)6(13)7(14)15/h2-6,8-13H,1H2,(H,14,15)/p-1. The van der Waals surface area contributed by atoms with Crippen molar-refractivity contribution >= 4 is 5.97 Å². The zero-order chi connectivity index (χ0) is 12.2. The van der Waals surface area contributed by atoms with Crippen LogP contribution in [0, 0.1) is 0 Å². The zero-order valence-corrected chi connectivity index (χ0v) is 7.59. The summed E-state index contributed by atoms with van der Waals surface area (Å²) in [5, 5.41) is 63.2. The normalized spacial score (nSPS) is 21.5. The number of carboxylic acids is 1. The number of hydrogen-bond acceptors (Lipinski definition) is 8. The summed E-state index contributed by atoms with van der Waals surface area (Å²) in [6.07, 6.45) is -10.5. The Bertz CT molecular complexity index is 207. The molecule has 0 aromatic heterocycles. The van der Waals surface area contributed by atoms with Gasteiger partial charge in [0.2, 0.25) is 0 Å². The predicted octanol–water partition coefficient (Wildman–Crippen LogP) is -5.47. The topological polar surface area (TPSA) is 162 Å².